The monoisotopic (exact) mass is 261 g/mol. The van der Waals surface area contributed by atoms with Gasteiger partial charge in [-0.15, -0.1) is 0 Å². The van der Waals surface area contributed by atoms with Crippen LogP contribution in [0.15, 0.2) is 49.3 Å². The van der Waals surface area contributed by atoms with E-state index in [9.17, 15) is 13.2 Å². The normalized spacial score (nSPS) is 10.1. The zero-order valence-corrected chi connectivity index (χ0v) is 9.33. The SMILES string of the molecule is C=C/C=C(/O)C=C.ONc1cc(F)c(F)c(F)c1.[HH]. The van der Waals surface area contributed by atoms with Crippen molar-refractivity contribution in [3.05, 3.63) is 66.7 Å². The molecular formula is C12H14F3NO2. The number of hydrogen-bond acceptors (Lipinski definition) is 3. The highest BCUT2D eigenvalue weighted by Gasteiger charge is 2.09. The molecule has 0 radical (unpaired) electrons. The van der Waals surface area contributed by atoms with Crippen LogP contribution in [-0.2, 0) is 0 Å². The van der Waals surface area contributed by atoms with Crippen molar-refractivity contribution in [2.24, 2.45) is 0 Å². The van der Waals surface area contributed by atoms with Gasteiger partial charge in [-0.25, -0.2) is 13.2 Å². The van der Waals surface area contributed by atoms with Gasteiger partial charge in [-0.1, -0.05) is 19.2 Å². The third-order valence-corrected chi connectivity index (χ3v) is 1.61. The van der Waals surface area contributed by atoms with Crippen LogP contribution in [-0.4, -0.2) is 10.3 Å². The van der Waals surface area contributed by atoms with Crippen molar-refractivity contribution in [2.45, 2.75) is 0 Å². The maximum Gasteiger partial charge on any atom is 0.194 e. The smallest absolute Gasteiger partial charge is 0.194 e. The molecule has 3 nitrogen and oxygen atoms in total. The van der Waals surface area contributed by atoms with E-state index in [1.54, 1.807) is 0 Å². The summed E-state index contributed by atoms with van der Waals surface area (Å²) in [5.74, 6) is -4.10. The number of anilines is 1. The molecule has 0 saturated carbocycles. The van der Waals surface area contributed by atoms with Crippen LogP contribution in [0.5, 0.6) is 0 Å². The van der Waals surface area contributed by atoms with Crippen LogP contribution < -0.4 is 5.48 Å². The Hall–Kier alpha value is -2.21. The van der Waals surface area contributed by atoms with E-state index in [2.05, 4.69) is 13.2 Å². The maximum absolute atomic E-state index is 12.3. The Labute approximate surface area is 104 Å². The van der Waals surface area contributed by atoms with Crippen molar-refractivity contribution in [3.63, 3.8) is 0 Å². The minimum atomic E-state index is -1.55. The molecule has 0 bridgehead atoms. The summed E-state index contributed by atoms with van der Waals surface area (Å²) in [4.78, 5) is 0. The van der Waals surface area contributed by atoms with Crippen molar-refractivity contribution in [1.82, 2.24) is 0 Å². The second kappa shape index (κ2) is 7.97. The fourth-order valence-electron chi connectivity index (χ4n) is 0.809. The maximum atomic E-state index is 12.3. The molecular weight excluding hydrogens is 247 g/mol. The zero-order valence-electron chi connectivity index (χ0n) is 9.33. The highest BCUT2D eigenvalue weighted by molar-refractivity contribution is 5.41. The Bertz CT molecular complexity index is 441. The van der Waals surface area contributed by atoms with Crippen molar-refractivity contribution >= 4 is 5.69 Å². The molecule has 0 saturated heterocycles. The summed E-state index contributed by atoms with van der Waals surface area (Å²) in [6.45, 7) is 6.68. The van der Waals surface area contributed by atoms with E-state index < -0.39 is 17.5 Å². The van der Waals surface area contributed by atoms with Gasteiger partial charge >= 0.3 is 0 Å². The zero-order chi connectivity index (χ0) is 14.1. The number of benzene rings is 1. The molecule has 0 aliphatic heterocycles. The molecule has 0 aliphatic rings. The van der Waals surface area contributed by atoms with Crippen LogP contribution in [0.2, 0.25) is 0 Å². The molecule has 3 N–H and O–H groups in total. The number of aliphatic hydroxyl groups excluding tert-OH is 1. The molecule has 1 aromatic carbocycles. The molecule has 0 fully saturated rings. The summed E-state index contributed by atoms with van der Waals surface area (Å²) < 4.78 is 36.7. The largest absolute Gasteiger partial charge is 0.508 e. The van der Waals surface area contributed by atoms with Crippen LogP contribution in [0, 0.1) is 17.5 Å². The molecule has 0 amide bonds. The number of nitrogens with one attached hydrogen (secondary N) is 1. The highest BCUT2D eigenvalue weighted by Crippen LogP contribution is 2.16. The van der Waals surface area contributed by atoms with Gasteiger partial charge < -0.3 is 5.11 Å². The van der Waals surface area contributed by atoms with Crippen LogP contribution in [0.1, 0.15) is 1.43 Å². The van der Waals surface area contributed by atoms with E-state index in [-0.39, 0.29) is 12.9 Å². The van der Waals surface area contributed by atoms with Crippen molar-refractivity contribution < 1.29 is 24.9 Å². The number of aliphatic hydroxyl groups is 1. The van der Waals surface area contributed by atoms with Gasteiger partial charge in [0, 0.05) is 13.6 Å². The molecule has 0 spiro atoms. The Kier molecular flexibility index (Phi) is 6.99. The lowest BCUT2D eigenvalue weighted by molar-refractivity contribution is 0.385. The number of hydrogen-bond donors (Lipinski definition) is 3. The lowest BCUT2D eigenvalue weighted by Gasteiger charge is -1.99. The van der Waals surface area contributed by atoms with Crippen LogP contribution in [0.25, 0.3) is 0 Å². The lowest BCUT2D eigenvalue weighted by atomic mass is 10.3. The molecule has 18 heavy (non-hydrogen) atoms. The molecule has 0 unspecified atom stereocenters. The molecule has 0 aromatic heterocycles. The minimum Gasteiger partial charge on any atom is -0.508 e. The van der Waals surface area contributed by atoms with Gasteiger partial charge in [-0.3, -0.25) is 10.7 Å². The summed E-state index contributed by atoms with van der Waals surface area (Å²) >= 11 is 0. The first kappa shape index (κ1) is 15.8. The number of rotatable bonds is 3. The van der Waals surface area contributed by atoms with Crippen molar-refractivity contribution in [1.29, 1.82) is 0 Å². The van der Waals surface area contributed by atoms with Gasteiger partial charge in [0.1, 0.15) is 5.76 Å². The first-order valence-corrected chi connectivity index (χ1v) is 4.65. The number of allylic oxidation sites excluding steroid dienone is 3. The molecule has 1 aromatic rings. The standard InChI is InChI=1S/C6H4F3NO.C6H8O.H2/c7-4-1-3(10-11)2-5(8)6(4)9;1-3-5-6(7)4-2;/h1-2,10-11H;3-5,7H,1-2H2;1H/b;6-5+;. The van der Waals surface area contributed by atoms with E-state index >= 15 is 0 Å². The Morgan fingerprint density at radius 2 is 1.72 bits per heavy atom. The van der Waals surface area contributed by atoms with E-state index in [1.807, 2.05) is 0 Å². The fourth-order valence-corrected chi connectivity index (χ4v) is 0.809. The summed E-state index contributed by atoms with van der Waals surface area (Å²) in [5.41, 5.74) is 1.25. The molecule has 100 valence electrons. The average molecular weight is 261 g/mol. The first-order valence-electron chi connectivity index (χ1n) is 4.65. The van der Waals surface area contributed by atoms with E-state index in [4.69, 9.17) is 10.3 Å². The van der Waals surface area contributed by atoms with Gasteiger partial charge in [0.2, 0.25) is 0 Å². The van der Waals surface area contributed by atoms with Gasteiger partial charge in [0.15, 0.2) is 17.5 Å². The van der Waals surface area contributed by atoms with Crippen LogP contribution in [0.4, 0.5) is 18.9 Å². The van der Waals surface area contributed by atoms with Crippen LogP contribution >= 0.6 is 0 Å². The lowest BCUT2D eigenvalue weighted by Crippen LogP contribution is -1.95. The molecule has 6 heteroatoms. The first-order chi connectivity index (χ1) is 8.46. The average Bonchev–Trinajstić information content (AvgIpc) is 2.36. The highest BCUT2D eigenvalue weighted by atomic mass is 19.2. The molecule has 1 rings (SSSR count). The Morgan fingerprint density at radius 1 is 1.22 bits per heavy atom. The van der Waals surface area contributed by atoms with Crippen molar-refractivity contribution in [3.8, 4) is 0 Å². The van der Waals surface area contributed by atoms with Gasteiger partial charge in [0.25, 0.3) is 0 Å². The van der Waals surface area contributed by atoms with E-state index in [1.165, 1.54) is 23.7 Å². The van der Waals surface area contributed by atoms with E-state index in [0.717, 1.165) is 0 Å². The summed E-state index contributed by atoms with van der Waals surface area (Å²) in [6.07, 6.45) is 4.31. The predicted molar refractivity (Wildman–Crippen MR) is 64.9 cm³/mol. The topological polar surface area (TPSA) is 52.5 Å². The van der Waals surface area contributed by atoms with Crippen LogP contribution in [0.3, 0.4) is 0 Å². The fraction of sp³-hybridized carbons (Fsp3) is 0. The van der Waals surface area contributed by atoms with Gasteiger partial charge in [-0.2, -0.15) is 0 Å². The summed E-state index contributed by atoms with van der Waals surface area (Å²) in [6, 6.07) is 1.27. The second-order valence-electron chi connectivity index (χ2n) is 2.90. The summed E-state index contributed by atoms with van der Waals surface area (Å²) in [5, 5.41) is 16.7. The van der Waals surface area contributed by atoms with Gasteiger partial charge in [0.05, 0.1) is 5.69 Å². The Balaban J connectivity index is 0. The quantitative estimate of drug-likeness (QED) is 0.334. The number of halogens is 3. The molecule has 0 atom stereocenters. The summed E-state index contributed by atoms with van der Waals surface area (Å²) in [7, 11) is 0. The third-order valence-electron chi connectivity index (χ3n) is 1.61. The second-order valence-corrected chi connectivity index (χ2v) is 2.90. The van der Waals surface area contributed by atoms with Crippen molar-refractivity contribution in [2.75, 3.05) is 5.48 Å². The van der Waals surface area contributed by atoms with E-state index in [0.29, 0.717) is 12.1 Å². The molecule has 0 heterocycles. The van der Waals surface area contributed by atoms with Gasteiger partial charge in [-0.05, 0) is 12.2 Å². The Morgan fingerprint density at radius 3 is 2.00 bits per heavy atom. The predicted octanol–water partition coefficient (Wildman–Crippen LogP) is 3.95. The third kappa shape index (κ3) is 5.22. The molecule has 0 aliphatic carbocycles. The minimum absolute atomic E-state index is 0.